The molecule has 2 aromatic rings. The first-order valence-corrected chi connectivity index (χ1v) is 8.88. The minimum atomic E-state index is -4.99. The average Bonchev–Trinajstić information content (AvgIpc) is 3.37. The van der Waals surface area contributed by atoms with Crippen LogP contribution in [0.3, 0.4) is 0 Å². The Labute approximate surface area is 142 Å². The third-order valence-corrected chi connectivity index (χ3v) is 4.99. The van der Waals surface area contributed by atoms with Crippen LogP contribution in [-0.2, 0) is 16.6 Å². The minimum Gasteiger partial charge on any atom is -0.404 e. The van der Waals surface area contributed by atoms with Crippen LogP contribution in [0, 0.1) is 0 Å². The van der Waals surface area contributed by atoms with E-state index in [1.807, 2.05) is 0 Å². The highest BCUT2D eigenvalue weighted by molar-refractivity contribution is 7.89. The zero-order valence-electron chi connectivity index (χ0n) is 12.8. The summed E-state index contributed by atoms with van der Waals surface area (Å²) in [6.45, 7) is -0.162. The Bertz CT molecular complexity index is 868. The molecule has 1 saturated carbocycles. The number of nitrogens with one attached hydrogen (secondary N) is 1. The van der Waals surface area contributed by atoms with Gasteiger partial charge in [-0.1, -0.05) is 12.1 Å². The van der Waals surface area contributed by atoms with Gasteiger partial charge in [-0.3, -0.25) is 0 Å². The first-order valence-electron chi connectivity index (χ1n) is 7.40. The molecule has 0 atom stereocenters. The molecule has 25 heavy (non-hydrogen) atoms. The summed E-state index contributed by atoms with van der Waals surface area (Å²) in [7, 11) is -4.21. The van der Waals surface area contributed by atoms with Crippen LogP contribution >= 0.6 is 0 Å². The van der Waals surface area contributed by atoms with Crippen LogP contribution in [0.4, 0.5) is 13.2 Å². The first kappa shape index (κ1) is 17.6. The second-order valence-electron chi connectivity index (χ2n) is 5.53. The summed E-state index contributed by atoms with van der Waals surface area (Å²) >= 11 is 0. The molecule has 1 aliphatic rings. The summed E-state index contributed by atoms with van der Waals surface area (Å²) < 4.78 is 68.0. The monoisotopic (exact) mass is 373 g/mol. The molecule has 134 valence electrons. The fraction of sp³-hybridized carbons (Fsp3) is 0.333. The number of hydrogen-bond donors (Lipinski definition) is 1. The Kier molecular flexibility index (Phi) is 4.65. The second-order valence-corrected chi connectivity index (χ2v) is 7.26. The van der Waals surface area contributed by atoms with Gasteiger partial charge < -0.3 is 4.74 Å². The van der Waals surface area contributed by atoms with E-state index in [1.54, 1.807) is 6.07 Å². The van der Waals surface area contributed by atoms with Gasteiger partial charge in [0.15, 0.2) is 0 Å². The average molecular weight is 373 g/mol. The zero-order chi connectivity index (χ0) is 18.1. The van der Waals surface area contributed by atoms with E-state index in [1.165, 1.54) is 18.5 Å². The van der Waals surface area contributed by atoms with E-state index in [4.69, 9.17) is 0 Å². The maximum atomic E-state index is 12.4. The van der Waals surface area contributed by atoms with Crippen LogP contribution in [0.2, 0.25) is 0 Å². The van der Waals surface area contributed by atoms with E-state index in [9.17, 15) is 21.6 Å². The lowest BCUT2D eigenvalue weighted by atomic mass is 10.2. The molecule has 0 unspecified atom stereocenters. The highest BCUT2D eigenvalue weighted by Gasteiger charge is 2.34. The molecule has 3 rings (SSSR count). The quantitative estimate of drug-likeness (QED) is 0.842. The zero-order valence-corrected chi connectivity index (χ0v) is 13.6. The molecule has 1 aliphatic carbocycles. The summed E-state index contributed by atoms with van der Waals surface area (Å²) in [5, 5.41) is 0. The van der Waals surface area contributed by atoms with E-state index >= 15 is 0 Å². The van der Waals surface area contributed by atoms with Gasteiger partial charge in [0.2, 0.25) is 10.0 Å². The van der Waals surface area contributed by atoms with Crippen molar-refractivity contribution < 1.29 is 26.3 Å². The van der Waals surface area contributed by atoms with E-state index in [-0.39, 0.29) is 6.54 Å². The number of rotatable bonds is 6. The Morgan fingerprint density at radius 1 is 1.20 bits per heavy atom. The number of benzene rings is 1. The van der Waals surface area contributed by atoms with Gasteiger partial charge in [0, 0.05) is 11.6 Å². The smallest absolute Gasteiger partial charge is 0.404 e. The number of halogens is 3. The first-order chi connectivity index (χ1) is 11.7. The fourth-order valence-electron chi connectivity index (χ4n) is 2.24. The SMILES string of the molecule is O=S(=O)(NCc1cc(C2CC2)ncn1)c1ccccc1OC(F)(F)F. The Hall–Kier alpha value is -2.20. The predicted molar refractivity (Wildman–Crippen MR) is 81.2 cm³/mol. The van der Waals surface area contributed by atoms with Crippen molar-refractivity contribution in [2.75, 3.05) is 0 Å². The van der Waals surface area contributed by atoms with Gasteiger partial charge in [-0.2, -0.15) is 0 Å². The molecule has 6 nitrogen and oxygen atoms in total. The van der Waals surface area contributed by atoms with Crippen molar-refractivity contribution in [1.82, 2.24) is 14.7 Å². The summed E-state index contributed by atoms with van der Waals surface area (Å²) in [6.07, 6.45) is -1.58. The summed E-state index contributed by atoms with van der Waals surface area (Å²) in [5.74, 6) is -0.414. The summed E-state index contributed by atoms with van der Waals surface area (Å²) in [4.78, 5) is 7.51. The number of aromatic nitrogens is 2. The van der Waals surface area contributed by atoms with Crippen LogP contribution in [0.25, 0.3) is 0 Å². The lowest BCUT2D eigenvalue weighted by Crippen LogP contribution is -2.26. The number of para-hydroxylation sites is 1. The largest absolute Gasteiger partial charge is 0.573 e. The third kappa shape index (κ3) is 4.67. The van der Waals surface area contributed by atoms with Crippen LogP contribution in [0.15, 0.2) is 41.6 Å². The molecule has 1 aromatic carbocycles. The van der Waals surface area contributed by atoms with Crippen molar-refractivity contribution in [2.45, 2.75) is 36.6 Å². The second kappa shape index (κ2) is 6.60. The van der Waals surface area contributed by atoms with Crippen molar-refractivity contribution in [3.8, 4) is 5.75 Å². The van der Waals surface area contributed by atoms with Crippen molar-refractivity contribution in [1.29, 1.82) is 0 Å². The molecule has 0 saturated heterocycles. The predicted octanol–water partition coefficient (Wildman–Crippen LogP) is 2.73. The van der Waals surface area contributed by atoms with Gasteiger partial charge in [0.25, 0.3) is 0 Å². The topological polar surface area (TPSA) is 81.2 Å². The minimum absolute atomic E-state index is 0.162. The lowest BCUT2D eigenvalue weighted by Gasteiger charge is -2.14. The van der Waals surface area contributed by atoms with Crippen molar-refractivity contribution in [2.24, 2.45) is 0 Å². The normalized spacial score (nSPS) is 15.2. The molecule has 0 aliphatic heterocycles. The lowest BCUT2D eigenvalue weighted by molar-refractivity contribution is -0.275. The van der Waals surface area contributed by atoms with Crippen LogP contribution in [-0.4, -0.2) is 24.7 Å². The summed E-state index contributed by atoms with van der Waals surface area (Å²) in [6, 6.07) is 6.25. The van der Waals surface area contributed by atoms with Crippen molar-refractivity contribution >= 4 is 10.0 Å². The Morgan fingerprint density at radius 3 is 2.60 bits per heavy atom. The molecule has 10 heteroatoms. The fourth-order valence-corrected chi connectivity index (χ4v) is 3.37. The number of ether oxygens (including phenoxy) is 1. The Balaban J connectivity index is 1.77. The number of alkyl halides is 3. The number of nitrogens with zero attached hydrogens (tertiary/aromatic N) is 2. The van der Waals surface area contributed by atoms with Crippen molar-refractivity contribution in [3.05, 3.63) is 48.0 Å². The highest BCUT2D eigenvalue weighted by Crippen LogP contribution is 2.38. The van der Waals surface area contributed by atoms with E-state index in [0.29, 0.717) is 11.6 Å². The number of hydrogen-bond acceptors (Lipinski definition) is 5. The third-order valence-electron chi connectivity index (χ3n) is 3.55. The molecule has 0 radical (unpaired) electrons. The van der Waals surface area contributed by atoms with Gasteiger partial charge in [-0.05, 0) is 31.0 Å². The van der Waals surface area contributed by atoms with Gasteiger partial charge in [0.05, 0.1) is 12.2 Å². The molecule has 0 bridgehead atoms. The molecule has 1 N–H and O–H groups in total. The van der Waals surface area contributed by atoms with Gasteiger partial charge in [0.1, 0.15) is 17.0 Å². The maximum absolute atomic E-state index is 12.4. The molecule has 0 amide bonds. The van der Waals surface area contributed by atoms with Crippen molar-refractivity contribution in [3.63, 3.8) is 0 Å². The van der Waals surface area contributed by atoms with Gasteiger partial charge >= 0.3 is 6.36 Å². The molecule has 1 fully saturated rings. The molecular formula is C15H14F3N3O3S. The number of sulfonamides is 1. The standard InChI is InChI=1S/C15H14F3N3O3S/c16-15(17,18)24-13-3-1-2-4-14(13)25(22,23)21-8-11-7-12(10-5-6-10)20-9-19-11/h1-4,7,9-10,21H,5-6,8H2. The van der Waals surface area contributed by atoms with Gasteiger partial charge in [-0.15, -0.1) is 13.2 Å². The maximum Gasteiger partial charge on any atom is 0.573 e. The molecule has 1 heterocycles. The Morgan fingerprint density at radius 2 is 1.92 bits per heavy atom. The molecule has 1 aromatic heterocycles. The molecule has 0 spiro atoms. The van der Waals surface area contributed by atoms with Gasteiger partial charge in [-0.25, -0.2) is 23.1 Å². The highest BCUT2D eigenvalue weighted by atomic mass is 32.2. The van der Waals surface area contributed by atoms with Crippen LogP contribution in [0.1, 0.15) is 30.1 Å². The van der Waals surface area contributed by atoms with E-state index in [2.05, 4.69) is 19.4 Å². The summed E-state index contributed by atoms with van der Waals surface area (Å²) in [5.41, 5.74) is 1.28. The molecular weight excluding hydrogens is 359 g/mol. The van der Waals surface area contributed by atoms with Crippen LogP contribution in [0.5, 0.6) is 5.75 Å². The van der Waals surface area contributed by atoms with E-state index in [0.717, 1.165) is 30.7 Å². The van der Waals surface area contributed by atoms with E-state index < -0.39 is 27.0 Å². The van der Waals surface area contributed by atoms with Crippen LogP contribution < -0.4 is 9.46 Å².